The monoisotopic (exact) mass is 444 g/mol. The summed E-state index contributed by atoms with van der Waals surface area (Å²) in [5.74, 6) is -0.154. The number of rotatable bonds is 8. The molecule has 1 fully saturated rings. The van der Waals surface area contributed by atoms with E-state index in [2.05, 4.69) is 20.9 Å². The number of nitrogens with zero attached hydrogens (tertiary/aromatic N) is 1. The second-order valence-corrected chi connectivity index (χ2v) is 7.90. The highest BCUT2D eigenvalue weighted by Crippen LogP contribution is 2.27. The van der Waals surface area contributed by atoms with Gasteiger partial charge in [-0.25, -0.2) is 4.79 Å². The van der Waals surface area contributed by atoms with Crippen LogP contribution in [0.25, 0.3) is 0 Å². The lowest BCUT2D eigenvalue weighted by Gasteiger charge is -2.30. The van der Waals surface area contributed by atoms with Crippen molar-refractivity contribution in [2.45, 2.75) is 25.7 Å². The van der Waals surface area contributed by atoms with Crippen LogP contribution in [0.3, 0.4) is 0 Å². The zero-order chi connectivity index (χ0) is 22.1. The van der Waals surface area contributed by atoms with Crippen molar-refractivity contribution in [2.75, 3.05) is 48.9 Å². The van der Waals surface area contributed by atoms with E-state index in [-0.39, 0.29) is 11.9 Å². The number of ether oxygens (including phenoxy) is 1. The van der Waals surface area contributed by atoms with Crippen LogP contribution >= 0.6 is 11.6 Å². The first-order chi connectivity index (χ1) is 15.1. The molecule has 3 amide bonds. The molecular weight excluding hydrogens is 416 g/mol. The number of anilines is 3. The first kappa shape index (κ1) is 22.9. The number of methoxy groups -OCH3 is 1. The van der Waals surface area contributed by atoms with Gasteiger partial charge in [0.15, 0.2) is 0 Å². The van der Waals surface area contributed by atoms with Gasteiger partial charge >= 0.3 is 6.03 Å². The van der Waals surface area contributed by atoms with E-state index in [1.54, 1.807) is 37.4 Å². The Kier molecular flexibility index (Phi) is 8.55. The van der Waals surface area contributed by atoms with Gasteiger partial charge in [0.05, 0.1) is 5.56 Å². The zero-order valence-corrected chi connectivity index (χ0v) is 18.5. The fourth-order valence-corrected chi connectivity index (χ4v) is 3.67. The average Bonchev–Trinajstić information content (AvgIpc) is 2.78. The van der Waals surface area contributed by atoms with Gasteiger partial charge in [-0.05, 0) is 68.1 Å². The van der Waals surface area contributed by atoms with Crippen LogP contribution in [0.2, 0.25) is 5.02 Å². The first-order valence-electron chi connectivity index (χ1n) is 10.6. The maximum Gasteiger partial charge on any atom is 0.323 e. The van der Waals surface area contributed by atoms with Crippen molar-refractivity contribution in [3.05, 3.63) is 53.1 Å². The molecule has 7 nitrogen and oxygen atoms in total. The van der Waals surface area contributed by atoms with E-state index in [0.29, 0.717) is 35.1 Å². The van der Waals surface area contributed by atoms with Crippen molar-refractivity contribution in [1.29, 1.82) is 0 Å². The summed E-state index contributed by atoms with van der Waals surface area (Å²) >= 11 is 5.88. The predicted octanol–water partition coefficient (Wildman–Crippen LogP) is 4.74. The molecule has 2 aromatic carbocycles. The molecule has 8 heteroatoms. The minimum absolute atomic E-state index is 0.154. The molecule has 1 heterocycles. The molecule has 0 spiro atoms. The Morgan fingerprint density at radius 2 is 1.68 bits per heavy atom. The number of amides is 3. The lowest BCUT2D eigenvalue weighted by atomic mass is 10.1. The van der Waals surface area contributed by atoms with Crippen molar-refractivity contribution >= 4 is 40.6 Å². The maximum atomic E-state index is 12.9. The number of hydrogen-bond acceptors (Lipinski definition) is 4. The Labute approximate surface area is 188 Å². The molecule has 0 atom stereocenters. The van der Waals surface area contributed by atoms with Crippen LogP contribution in [0.5, 0.6) is 0 Å². The Bertz CT molecular complexity index is 883. The van der Waals surface area contributed by atoms with E-state index in [4.69, 9.17) is 16.3 Å². The minimum atomic E-state index is -0.389. The van der Waals surface area contributed by atoms with Gasteiger partial charge in [0.2, 0.25) is 0 Å². The van der Waals surface area contributed by atoms with Crippen LogP contribution in [0.15, 0.2) is 42.5 Å². The lowest BCUT2D eigenvalue weighted by Crippen LogP contribution is -2.33. The fourth-order valence-electron chi connectivity index (χ4n) is 3.55. The standard InChI is InChI=1S/C23H29ClN4O3/c1-31-15-5-12-25-22(29)20-16-19(10-11-21(20)28-13-3-2-4-14-28)27-23(30)26-18-8-6-17(24)7-9-18/h6-11,16H,2-5,12-15H2,1H3,(H,25,29)(H2,26,27,30). The van der Waals surface area contributed by atoms with Crippen molar-refractivity contribution < 1.29 is 14.3 Å². The molecule has 0 aliphatic carbocycles. The largest absolute Gasteiger partial charge is 0.385 e. The summed E-state index contributed by atoms with van der Waals surface area (Å²) in [5, 5.41) is 9.11. The second-order valence-electron chi connectivity index (χ2n) is 7.47. The summed E-state index contributed by atoms with van der Waals surface area (Å²) in [7, 11) is 1.64. The first-order valence-corrected chi connectivity index (χ1v) is 10.9. The molecule has 0 saturated carbocycles. The smallest absolute Gasteiger partial charge is 0.323 e. The third kappa shape index (κ3) is 6.87. The van der Waals surface area contributed by atoms with Gasteiger partial charge in [-0.1, -0.05) is 11.6 Å². The molecule has 1 aliphatic heterocycles. The van der Waals surface area contributed by atoms with Gasteiger partial charge in [-0.15, -0.1) is 0 Å². The van der Waals surface area contributed by atoms with E-state index in [1.807, 2.05) is 12.1 Å². The highest BCUT2D eigenvalue weighted by molar-refractivity contribution is 6.30. The van der Waals surface area contributed by atoms with E-state index in [9.17, 15) is 9.59 Å². The molecule has 31 heavy (non-hydrogen) atoms. The molecule has 166 valence electrons. The lowest BCUT2D eigenvalue weighted by molar-refractivity contribution is 0.0949. The molecule has 3 N–H and O–H groups in total. The molecule has 1 aliphatic rings. The van der Waals surface area contributed by atoms with Crippen molar-refractivity contribution in [1.82, 2.24) is 5.32 Å². The van der Waals surface area contributed by atoms with Gasteiger partial charge in [-0.2, -0.15) is 0 Å². The summed E-state index contributed by atoms with van der Waals surface area (Å²) in [6.45, 7) is 2.97. The average molecular weight is 445 g/mol. The molecule has 1 saturated heterocycles. The van der Waals surface area contributed by atoms with E-state index >= 15 is 0 Å². The Balaban J connectivity index is 1.73. The summed E-state index contributed by atoms with van der Waals surface area (Å²) in [4.78, 5) is 27.6. The summed E-state index contributed by atoms with van der Waals surface area (Å²) < 4.78 is 5.05. The van der Waals surface area contributed by atoms with E-state index < -0.39 is 0 Å². The van der Waals surface area contributed by atoms with Crippen LogP contribution in [-0.4, -0.2) is 45.3 Å². The van der Waals surface area contributed by atoms with Gasteiger partial charge in [0.1, 0.15) is 0 Å². The van der Waals surface area contributed by atoms with Crippen molar-refractivity contribution in [3.63, 3.8) is 0 Å². The minimum Gasteiger partial charge on any atom is -0.385 e. The van der Waals surface area contributed by atoms with E-state index in [0.717, 1.165) is 38.0 Å². The summed E-state index contributed by atoms with van der Waals surface area (Å²) in [5.41, 5.74) is 2.63. The van der Waals surface area contributed by atoms with Gasteiger partial charge in [0.25, 0.3) is 5.91 Å². The third-order valence-corrected chi connectivity index (χ3v) is 5.36. The fraction of sp³-hybridized carbons (Fsp3) is 0.391. The summed E-state index contributed by atoms with van der Waals surface area (Å²) in [6.07, 6.45) is 4.17. The Morgan fingerprint density at radius 1 is 1.00 bits per heavy atom. The van der Waals surface area contributed by atoms with E-state index in [1.165, 1.54) is 6.42 Å². The van der Waals surface area contributed by atoms with Crippen molar-refractivity contribution in [2.24, 2.45) is 0 Å². The second kappa shape index (κ2) is 11.6. The summed E-state index contributed by atoms with van der Waals surface area (Å²) in [6, 6.07) is 11.9. The normalized spacial score (nSPS) is 13.5. The predicted molar refractivity (Wildman–Crippen MR) is 125 cm³/mol. The number of hydrogen-bond donors (Lipinski definition) is 3. The molecule has 0 bridgehead atoms. The topological polar surface area (TPSA) is 82.7 Å². The molecule has 0 aromatic heterocycles. The number of carbonyl (C=O) groups excluding carboxylic acids is 2. The third-order valence-electron chi connectivity index (χ3n) is 5.11. The number of nitrogens with one attached hydrogen (secondary N) is 3. The number of carbonyl (C=O) groups is 2. The number of urea groups is 1. The molecule has 0 radical (unpaired) electrons. The molecule has 3 rings (SSSR count). The number of piperidine rings is 1. The van der Waals surface area contributed by atoms with Gasteiger partial charge in [-0.3, -0.25) is 4.79 Å². The highest BCUT2D eigenvalue weighted by atomic mass is 35.5. The number of halogens is 1. The van der Waals surface area contributed by atoms with Crippen LogP contribution in [-0.2, 0) is 4.74 Å². The highest BCUT2D eigenvalue weighted by Gasteiger charge is 2.19. The molecule has 2 aromatic rings. The van der Waals surface area contributed by atoms with Crippen LogP contribution < -0.4 is 20.9 Å². The van der Waals surface area contributed by atoms with Crippen LogP contribution in [0.4, 0.5) is 21.9 Å². The number of benzene rings is 2. The Hall–Kier alpha value is -2.77. The quantitative estimate of drug-likeness (QED) is 0.513. The molecule has 0 unspecified atom stereocenters. The SMILES string of the molecule is COCCCNC(=O)c1cc(NC(=O)Nc2ccc(Cl)cc2)ccc1N1CCCCC1. The zero-order valence-electron chi connectivity index (χ0n) is 17.7. The van der Waals surface area contributed by atoms with Gasteiger partial charge in [0, 0.05) is 55.4 Å². The van der Waals surface area contributed by atoms with Crippen LogP contribution in [0.1, 0.15) is 36.0 Å². The molecular formula is C23H29ClN4O3. The van der Waals surface area contributed by atoms with Crippen molar-refractivity contribution in [3.8, 4) is 0 Å². The van der Waals surface area contributed by atoms with Gasteiger partial charge < -0.3 is 25.6 Å². The maximum absolute atomic E-state index is 12.9. The van der Waals surface area contributed by atoms with Crippen LogP contribution in [0, 0.1) is 0 Å². The Morgan fingerprint density at radius 3 is 2.39 bits per heavy atom.